The molecule has 0 fully saturated rings. The van der Waals surface area contributed by atoms with Gasteiger partial charge in [0, 0.05) is 5.02 Å². The minimum absolute atomic E-state index is 0.237. The fourth-order valence-corrected chi connectivity index (χ4v) is 2.18. The Morgan fingerprint density at radius 1 is 1.21 bits per heavy atom. The third kappa shape index (κ3) is 3.45. The lowest BCUT2D eigenvalue weighted by atomic mass is 9.91. The molecule has 0 saturated heterocycles. The van der Waals surface area contributed by atoms with E-state index in [0.717, 1.165) is 28.8 Å². The van der Waals surface area contributed by atoms with Crippen LogP contribution in [0.5, 0.6) is 11.5 Å². The Labute approximate surface area is 119 Å². The lowest BCUT2D eigenvalue weighted by Gasteiger charge is -2.09. The number of benzene rings is 2. The van der Waals surface area contributed by atoms with Gasteiger partial charge in [-0.1, -0.05) is 29.8 Å². The zero-order chi connectivity index (χ0) is 13.8. The van der Waals surface area contributed by atoms with Crippen molar-refractivity contribution in [3.63, 3.8) is 0 Å². The number of hydrogen-bond donors (Lipinski definition) is 1. The Hall–Kier alpha value is -1.61. The van der Waals surface area contributed by atoms with Crippen LogP contribution in [-0.2, 0) is 6.42 Å². The van der Waals surface area contributed by atoms with Crippen LogP contribution in [0.25, 0.3) is 0 Å². The van der Waals surface area contributed by atoms with Crippen LogP contribution in [0, 0.1) is 0 Å². The Morgan fingerprint density at radius 3 is 2.53 bits per heavy atom. The van der Waals surface area contributed by atoms with E-state index < -0.39 is 0 Å². The highest BCUT2D eigenvalue weighted by molar-refractivity contribution is 6.36. The molecule has 2 aromatic rings. The summed E-state index contributed by atoms with van der Waals surface area (Å²) in [6, 6.07) is 11.5. The molecule has 4 heteroatoms. The van der Waals surface area contributed by atoms with E-state index in [1.807, 2.05) is 45.1 Å². The standard InChI is InChI=1S/C15H16BClO2/c1-2-19-12-5-3-10(4-6-12)7-11-8-13(16)15(18)9-14(11)17/h3-6,8-9,18H,2,7,16H2,1H3. The summed E-state index contributed by atoms with van der Waals surface area (Å²) >= 11 is 6.15. The second kappa shape index (κ2) is 6.03. The summed E-state index contributed by atoms with van der Waals surface area (Å²) in [4.78, 5) is 0. The zero-order valence-electron chi connectivity index (χ0n) is 11.1. The van der Waals surface area contributed by atoms with E-state index in [4.69, 9.17) is 16.3 Å². The summed E-state index contributed by atoms with van der Waals surface area (Å²) in [5.41, 5.74) is 3.02. The molecule has 2 rings (SSSR count). The molecule has 0 aromatic heterocycles. The number of aromatic hydroxyl groups is 1. The fourth-order valence-electron chi connectivity index (χ4n) is 1.96. The van der Waals surface area contributed by atoms with Crippen molar-refractivity contribution in [3.8, 4) is 11.5 Å². The molecular formula is C15H16BClO2. The predicted octanol–water partition coefficient (Wildman–Crippen LogP) is 2.29. The molecular weight excluding hydrogens is 258 g/mol. The third-order valence-corrected chi connectivity index (χ3v) is 3.35. The largest absolute Gasteiger partial charge is 0.509 e. The lowest BCUT2D eigenvalue weighted by Crippen LogP contribution is -2.05. The van der Waals surface area contributed by atoms with Crippen LogP contribution < -0.4 is 10.2 Å². The lowest BCUT2D eigenvalue weighted by molar-refractivity contribution is 0.340. The van der Waals surface area contributed by atoms with Gasteiger partial charge >= 0.3 is 0 Å². The number of halogens is 1. The minimum Gasteiger partial charge on any atom is -0.509 e. The van der Waals surface area contributed by atoms with Crippen LogP contribution in [0.1, 0.15) is 18.1 Å². The first-order valence-corrected chi connectivity index (χ1v) is 6.67. The van der Waals surface area contributed by atoms with E-state index in [0.29, 0.717) is 11.6 Å². The zero-order valence-corrected chi connectivity index (χ0v) is 11.9. The van der Waals surface area contributed by atoms with Gasteiger partial charge < -0.3 is 9.84 Å². The number of ether oxygens (including phenoxy) is 1. The van der Waals surface area contributed by atoms with Gasteiger partial charge in [0.05, 0.1) is 6.61 Å². The highest BCUT2D eigenvalue weighted by Crippen LogP contribution is 2.23. The summed E-state index contributed by atoms with van der Waals surface area (Å²) in [5, 5.41) is 10.2. The molecule has 98 valence electrons. The summed E-state index contributed by atoms with van der Waals surface area (Å²) in [5.74, 6) is 1.11. The van der Waals surface area contributed by atoms with Gasteiger partial charge in [0.25, 0.3) is 0 Å². The molecule has 1 N–H and O–H groups in total. The molecule has 0 heterocycles. The molecule has 0 aliphatic carbocycles. The first kappa shape index (κ1) is 13.8. The van der Waals surface area contributed by atoms with Gasteiger partial charge in [-0.2, -0.15) is 0 Å². The van der Waals surface area contributed by atoms with Crippen molar-refractivity contribution in [3.05, 3.63) is 52.5 Å². The van der Waals surface area contributed by atoms with Crippen molar-refractivity contribution in [2.24, 2.45) is 0 Å². The van der Waals surface area contributed by atoms with E-state index >= 15 is 0 Å². The molecule has 0 atom stereocenters. The van der Waals surface area contributed by atoms with Crippen LogP contribution in [0.4, 0.5) is 0 Å². The van der Waals surface area contributed by atoms with Crippen molar-refractivity contribution in [1.82, 2.24) is 0 Å². The molecule has 0 unspecified atom stereocenters. The van der Waals surface area contributed by atoms with E-state index in [-0.39, 0.29) is 5.75 Å². The fraction of sp³-hybridized carbons (Fsp3) is 0.200. The second-order valence-corrected chi connectivity index (χ2v) is 4.89. The molecule has 0 radical (unpaired) electrons. The van der Waals surface area contributed by atoms with Crippen molar-refractivity contribution in [1.29, 1.82) is 0 Å². The van der Waals surface area contributed by atoms with Crippen molar-refractivity contribution in [2.45, 2.75) is 13.3 Å². The minimum atomic E-state index is 0.237. The van der Waals surface area contributed by atoms with Crippen LogP contribution in [-0.4, -0.2) is 19.6 Å². The number of phenolic OH excluding ortho intramolecular Hbond substituents is 1. The smallest absolute Gasteiger partial charge is 0.144 e. The van der Waals surface area contributed by atoms with Gasteiger partial charge in [-0.05, 0) is 48.1 Å². The van der Waals surface area contributed by atoms with Gasteiger partial charge in [-0.15, -0.1) is 0 Å². The number of rotatable bonds is 4. The monoisotopic (exact) mass is 274 g/mol. The molecule has 2 aromatic carbocycles. The summed E-state index contributed by atoms with van der Waals surface area (Å²) < 4.78 is 5.41. The molecule has 0 amide bonds. The molecule has 0 saturated carbocycles. The van der Waals surface area contributed by atoms with Gasteiger partial charge in [0.15, 0.2) is 0 Å². The summed E-state index contributed by atoms with van der Waals surface area (Å²) in [6.07, 6.45) is 0.742. The Morgan fingerprint density at radius 2 is 1.89 bits per heavy atom. The number of phenols is 1. The predicted molar refractivity (Wildman–Crippen MR) is 81.7 cm³/mol. The highest BCUT2D eigenvalue weighted by atomic mass is 35.5. The van der Waals surface area contributed by atoms with E-state index in [1.165, 1.54) is 0 Å². The van der Waals surface area contributed by atoms with Crippen molar-refractivity contribution in [2.75, 3.05) is 6.61 Å². The average Bonchev–Trinajstić information content (AvgIpc) is 2.38. The second-order valence-electron chi connectivity index (χ2n) is 4.48. The maximum Gasteiger partial charge on any atom is 0.144 e. The van der Waals surface area contributed by atoms with Crippen molar-refractivity contribution < 1.29 is 9.84 Å². The topological polar surface area (TPSA) is 29.5 Å². The first-order chi connectivity index (χ1) is 9.10. The highest BCUT2D eigenvalue weighted by Gasteiger charge is 2.06. The quantitative estimate of drug-likeness (QED) is 0.867. The van der Waals surface area contributed by atoms with E-state index in [2.05, 4.69) is 0 Å². The summed E-state index contributed by atoms with van der Waals surface area (Å²) in [7, 11) is 1.87. The summed E-state index contributed by atoms with van der Waals surface area (Å²) in [6.45, 7) is 2.63. The van der Waals surface area contributed by atoms with E-state index in [9.17, 15) is 5.11 Å². The maximum atomic E-state index is 9.59. The molecule has 2 nitrogen and oxygen atoms in total. The van der Waals surface area contributed by atoms with Gasteiger partial charge in [0.1, 0.15) is 19.3 Å². The van der Waals surface area contributed by atoms with Gasteiger partial charge in [-0.25, -0.2) is 0 Å². The average molecular weight is 275 g/mol. The maximum absolute atomic E-state index is 9.59. The normalized spacial score (nSPS) is 10.4. The Bertz CT molecular complexity index is 567. The first-order valence-electron chi connectivity index (χ1n) is 6.30. The van der Waals surface area contributed by atoms with E-state index in [1.54, 1.807) is 6.07 Å². The molecule has 0 bridgehead atoms. The van der Waals surface area contributed by atoms with Crippen LogP contribution in [0.3, 0.4) is 0 Å². The van der Waals surface area contributed by atoms with Gasteiger partial charge in [0.2, 0.25) is 0 Å². The van der Waals surface area contributed by atoms with Gasteiger partial charge in [-0.3, -0.25) is 0 Å². The molecule has 0 aliphatic rings. The Kier molecular flexibility index (Phi) is 4.38. The van der Waals surface area contributed by atoms with Crippen LogP contribution in [0.15, 0.2) is 36.4 Å². The van der Waals surface area contributed by atoms with Crippen molar-refractivity contribution >= 4 is 24.9 Å². The molecule has 0 spiro atoms. The van der Waals surface area contributed by atoms with Crippen LogP contribution >= 0.6 is 11.6 Å². The Balaban J connectivity index is 2.19. The molecule has 0 aliphatic heterocycles. The van der Waals surface area contributed by atoms with Crippen LogP contribution in [0.2, 0.25) is 5.02 Å². The number of hydrogen-bond acceptors (Lipinski definition) is 2. The SMILES string of the molecule is Bc1cc(Cc2ccc(OCC)cc2)c(Cl)cc1O. The third-order valence-electron chi connectivity index (χ3n) is 2.99. The molecule has 19 heavy (non-hydrogen) atoms.